The number of sulfonamides is 1. The highest BCUT2D eigenvalue weighted by Gasteiger charge is 2.26. The van der Waals surface area contributed by atoms with Crippen LogP contribution in [0.5, 0.6) is 0 Å². The summed E-state index contributed by atoms with van der Waals surface area (Å²) in [6.45, 7) is 4.79. The lowest BCUT2D eigenvalue weighted by atomic mass is 10.4. The van der Waals surface area contributed by atoms with Crippen LogP contribution < -0.4 is 0 Å². The Morgan fingerprint density at radius 3 is 2.22 bits per heavy atom. The molecule has 0 spiro atoms. The summed E-state index contributed by atoms with van der Waals surface area (Å²) in [7, 11) is 2.12. The lowest BCUT2D eigenvalue weighted by Gasteiger charge is -2.18. The summed E-state index contributed by atoms with van der Waals surface area (Å²) in [4.78, 5) is 2.34. The van der Waals surface area contributed by atoms with Crippen molar-refractivity contribution < 1.29 is 8.42 Å². The van der Waals surface area contributed by atoms with Crippen molar-refractivity contribution in [3.05, 3.63) is 11.4 Å². The van der Waals surface area contributed by atoms with Crippen molar-refractivity contribution in [1.29, 1.82) is 0 Å². The lowest BCUT2D eigenvalue weighted by Crippen LogP contribution is -2.30. The van der Waals surface area contributed by atoms with Gasteiger partial charge in [-0.05, 0) is 40.9 Å². The summed E-state index contributed by atoms with van der Waals surface area (Å²) >= 11 is 0. The van der Waals surface area contributed by atoms with Crippen LogP contribution in [0.25, 0.3) is 0 Å². The second-order valence-electron chi connectivity index (χ2n) is 4.75. The topological polar surface area (TPSA) is 69.3 Å². The van der Waals surface area contributed by atoms with Gasteiger partial charge in [0.25, 0.3) is 0 Å². The molecule has 18 heavy (non-hydrogen) atoms. The first-order valence-electron chi connectivity index (χ1n) is 5.89. The van der Waals surface area contributed by atoms with E-state index in [4.69, 9.17) is 0 Å². The Balaban J connectivity index is 2.81. The number of nitrogens with zero attached hydrogens (tertiary/aromatic N) is 3. The molecular formula is C11H22N4O2S. The Morgan fingerprint density at radius 2 is 1.78 bits per heavy atom. The largest absolute Gasteiger partial charge is 0.309 e. The molecule has 0 atom stereocenters. The van der Waals surface area contributed by atoms with E-state index < -0.39 is 10.0 Å². The second-order valence-corrected chi connectivity index (χ2v) is 6.73. The van der Waals surface area contributed by atoms with Crippen LogP contribution in [-0.2, 0) is 10.0 Å². The first kappa shape index (κ1) is 15.1. The zero-order valence-electron chi connectivity index (χ0n) is 11.7. The van der Waals surface area contributed by atoms with Crippen molar-refractivity contribution in [2.45, 2.75) is 25.2 Å². The van der Waals surface area contributed by atoms with Crippen LogP contribution >= 0.6 is 0 Å². The maximum absolute atomic E-state index is 12.4. The molecule has 1 aromatic rings. The normalized spacial score (nSPS) is 12.6. The fourth-order valence-electron chi connectivity index (χ4n) is 1.81. The van der Waals surface area contributed by atoms with Gasteiger partial charge in [0.2, 0.25) is 10.0 Å². The summed E-state index contributed by atoms with van der Waals surface area (Å²) in [6.07, 6.45) is 0.804. The quantitative estimate of drug-likeness (QED) is 0.824. The number of rotatable bonds is 6. The van der Waals surface area contributed by atoms with Crippen LogP contribution in [0.2, 0.25) is 0 Å². The monoisotopic (exact) mass is 274 g/mol. The number of H-pyrrole nitrogens is 1. The van der Waals surface area contributed by atoms with Crippen LogP contribution in [-0.4, -0.2) is 62.1 Å². The van der Waals surface area contributed by atoms with E-state index >= 15 is 0 Å². The van der Waals surface area contributed by atoms with Crippen molar-refractivity contribution >= 4 is 10.0 Å². The Hall–Kier alpha value is -0.920. The van der Waals surface area contributed by atoms with Crippen LogP contribution in [0.3, 0.4) is 0 Å². The molecule has 1 N–H and O–H groups in total. The minimum Gasteiger partial charge on any atom is -0.309 e. The molecule has 0 unspecified atom stereocenters. The van der Waals surface area contributed by atoms with E-state index in [0.717, 1.165) is 13.0 Å². The highest BCUT2D eigenvalue weighted by molar-refractivity contribution is 7.89. The van der Waals surface area contributed by atoms with Gasteiger partial charge in [-0.1, -0.05) is 0 Å². The van der Waals surface area contributed by atoms with E-state index in [2.05, 4.69) is 10.2 Å². The van der Waals surface area contributed by atoms with Crippen LogP contribution in [0.1, 0.15) is 17.8 Å². The molecular weight excluding hydrogens is 252 g/mol. The van der Waals surface area contributed by atoms with Gasteiger partial charge in [0.15, 0.2) is 0 Å². The Labute approximate surface area is 109 Å². The van der Waals surface area contributed by atoms with Crippen molar-refractivity contribution in [3.8, 4) is 0 Å². The van der Waals surface area contributed by atoms with Crippen LogP contribution in [0.4, 0.5) is 0 Å². The molecule has 0 amide bonds. The predicted molar refractivity (Wildman–Crippen MR) is 71.0 cm³/mol. The zero-order chi connectivity index (χ0) is 13.9. The average Bonchev–Trinajstić information content (AvgIpc) is 2.58. The molecule has 0 aliphatic carbocycles. The minimum atomic E-state index is -3.43. The lowest BCUT2D eigenvalue weighted by molar-refractivity contribution is 0.370. The molecule has 0 saturated heterocycles. The van der Waals surface area contributed by atoms with E-state index in [9.17, 15) is 8.42 Å². The van der Waals surface area contributed by atoms with Gasteiger partial charge in [-0.15, -0.1) is 0 Å². The molecule has 104 valence electrons. The third-order valence-corrected chi connectivity index (χ3v) is 4.93. The molecule has 0 saturated carbocycles. The third kappa shape index (κ3) is 3.30. The van der Waals surface area contributed by atoms with Crippen molar-refractivity contribution in [2.75, 3.05) is 34.2 Å². The third-order valence-electron chi connectivity index (χ3n) is 2.81. The van der Waals surface area contributed by atoms with Gasteiger partial charge in [-0.2, -0.15) is 5.10 Å². The standard InChI is InChI=1S/C11H22N4O2S/c1-9-11(10(2)13-12-9)18(16,17)15(5)8-6-7-14(3)4/h6-8H2,1-5H3,(H,12,13). The van der Waals surface area contributed by atoms with Crippen LogP contribution in [0, 0.1) is 13.8 Å². The van der Waals surface area contributed by atoms with Gasteiger partial charge in [-0.25, -0.2) is 12.7 Å². The molecule has 1 heterocycles. The summed E-state index contributed by atoms with van der Waals surface area (Å²) < 4.78 is 26.1. The molecule has 0 bridgehead atoms. The molecule has 7 heteroatoms. The number of nitrogens with one attached hydrogen (secondary N) is 1. The molecule has 0 radical (unpaired) electrons. The predicted octanol–water partition coefficient (Wildman–Crippen LogP) is 0.599. The number of hydrogen-bond acceptors (Lipinski definition) is 4. The molecule has 0 aliphatic rings. The van der Waals surface area contributed by atoms with Crippen LogP contribution in [0.15, 0.2) is 4.90 Å². The molecule has 0 aliphatic heterocycles. The molecule has 0 aromatic carbocycles. The number of aromatic amines is 1. The summed E-state index contributed by atoms with van der Waals surface area (Å²) in [5.74, 6) is 0. The van der Waals surface area contributed by atoms with E-state index in [1.165, 1.54) is 4.31 Å². The minimum absolute atomic E-state index is 0.301. The molecule has 0 fully saturated rings. The zero-order valence-corrected chi connectivity index (χ0v) is 12.5. The van der Waals surface area contributed by atoms with Gasteiger partial charge < -0.3 is 4.90 Å². The van der Waals surface area contributed by atoms with E-state index in [1.54, 1.807) is 20.9 Å². The SMILES string of the molecule is Cc1n[nH]c(C)c1S(=O)(=O)N(C)CCCN(C)C. The molecule has 1 rings (SSSR count). The Morgan fingerprint density at radius 1 is 1.17 bits per heavy atom. The molecule has 1 aromatic heterocycles. The molecule has 6 nitrogen and oxygen atoms in total. The van der Waals surface area contributed by atoms with Gasteiger partial charge in [0.1, 0.15) is 4.90 Å². The average molecular weight is 274 g/mol. The first-order valence-corrected chi connectivity index (χ1v) is 7.33. The van der Waals surface area contributed by atoms with Crippen molar-refractivity contribution in [2.24, 2.45) is 0 Å². The summed E-state index contributed by atoms with van der Waals surface area (Å²) in [6, 6.07) is 0. The Bertz CT molecular complexity index is 474. The summed E-state index contributed by atoms with van der Waals surface area (Å²) in [5, 5.41) is 6.64. The number of hydrogen-bond donors (Lipinski definition) is 1. The smallest absolute Gasteiger partial charge is 0.246 e. The van der Waals surface area contributed by atoms with Crippen molar-refractivity contribution in [1.82, 2.24) is 19.4 Å². The van der Waals surface area contributed by atoms with Gasteiger partial charge in [0, 0.05) is 13.6 Å². The second kappa shape index (κ2) is 5.81. The number of aryl methyl sites for hydroxylation is 2. The van der Waals surface area contributed by atoms with E-state index in [1.807, 2.05) is 19.0 Å². The van der Waals surface area contributed by atoms with Crippen molar-refractivity contribution in [3.63, 3.8) is 0 Å². The first-order chi connectivity index (χ1) is 8.26. The highest BCUT2D eigenvalue weighted by atomic mass is 32.2. The van der Waals surface area contributed by atoms with Gasteiger partial charge >= 0.3 is 0 Å². The highest BCUT2D eigenvalue weighted by Crippen LogP contribution is 2.20. The Kier molecular flexibility index (Phi) is 4.89. The fraction of sp³-hybridized carbons (Fsp3) is 0.727. The number of aromatic nitrogens is 2. The fourth-order valence-corrected chi connectivity index (χ4v) is 3.34. The maximum Gasteiger partial charge on any atom is 0.246 e. The van der Waals surface area contributed by atoms with E-state index in [0.29, 0.717) is 22.8 Å². The van der Waals surface area contributed by atoms with E-state index in [-0.39, 0.29) is 0 Å². The van der Waals surface area contributed by atoms with Gasteiger partial charge in [0.05, 0.1) is 11.4 Å². The summed E-state index contributed by atoms with van der Waals surface area (Å²) in [5.41, 5.74) is 1.11. The maximum atomic E-state index is 12.4. The van der Waals surface area contributed by atoms with Gasteiger partial charge in [-0.3, -0.25) is 5.10 Å².